The van der Waals surface area contributed by atoms with Crippen LogP contribution in [0.4, 0.5) is 0 Å². The monoisotopic (exact) mass is 320 g/mol. The van der Waals surface area contributed by atoms with E-state index in [0.717, 1.165) is 22.8 Å². The van der Waals surface area contributed by atoms with Crippen molar-refractivity contribution < 1.29 is 14.6 Å². The number of hydrogen-bond acceptors (Lipinski definition) is 3. The number of aromatic carboxylic acids is 1. The number of fused-ring (bicyclic) bond motifs is 1. The van der Waals surface area contributed by atoms with Crippen molar-refractivity contribution in [3.63, 3.8) is 0 Å². The van der Waals surface area contributed by atoms with Crippen molar-refractivity contribution in [1.29, 1.82) is 0 Å². The van der Waals surface area contributed by atoms with Crippen molar-refractivity contribution in [2.24, 2.45) is 0 Å². The zero-order chi connectivity index (χ0) is 14.8. The van der Waals surface area contributed by atoms with Gasteiger partial charge in [0.2, 0.25) is 0 Å². The van der Waals surface area contributed by atoms with Gasteiger partial charge in [-0.25, -0.2) is 4.79 Å². The molecule has 1 aliphatic rings. The van der Waals surface area contributed by atoms with Gasteiger partial charge in [-0.1, -0.05) is 29.8 Å². The van der Waals surface area contributed by atoms with E-state index in [-0.39, 0.29) is 16.7 Å². The predicted octanol–water partition coefficient (Wildman–Crippen LogP) is 4.13. The van der Waals surface area contributed by atoms with Crippen LogP contribution in [0.2, 0.25) is 5.02 Å². The van der Waals surface area contributed by atoms with Crippen LogP contribution in [0.3, 0.4) is 0 Å². The average molecular weight is 321 g/mol. The molecule has 0 amide bonds. The zero-order valence-electron chi connectivity index (χ0n) is 11.1. The Kier molecular flexibility index (Phi) is 4.08. The Labute approximate surface area is 131 Å². The number of halogens is 1. The average Bonchev–Trinajstić information content (AvgIpc) is 2.89. The molecule has 0 aromatic heterocycles. The lowest BCUT2D eigenvalue weighted by Gasteiger charge is -2.10. The Bertz CT molecular complexity index is 662. The predicted molar refractivity (Wildman–Crippen MR) is 83.7 cm³/mol. The summed E-state index contributed by atoms with van der Waals surface area (Å²) in [7, 11) is 0. The van der Waals surface area contributed by atoms with Crippen LogP contribution in [0.15, 0.2) is 47.4 Å². The van der Waals surface area contributed by atoms with E-state index in [4.69, 9.17) is 21.4 Å². The molecule has 2 aromatic carbocycles. The van der Waals surface area contributed by atoms with Gasteiger partial charge < -0.3 is 9.84 Å². The summed E-state index contributed by atoms with van der Waals surface area (Å²) in [5.41, 5.74) is 1.36. The van der Waals surface area contributed by atoms with Crippen LogP contribution in [-0.2, 0) is 6.42 Å². The highest BCUT2D eigenvalue weighted by molar-refractivity contribution is 7.99. The fourth-order valence-electron chi connectivity index (χ4n) is 2.29. The molecule has 108 valence electrons. The van der Waals surface area contributed by atoms with Crippen LogP contribution in [0.1, 0.15) is 15.9 Å². The van der Waals surface area contributed by atoms with E-state index >= 15 is 0 Å². The third-order valence-corrected chi connectivity index (χ3v) is 4.77. The lowest BCUT2D eigenvalue weighted by molar-refractivity contribution is 0.0697. The molecule has 5 heteroatoms. The van der Waals surface area contributed by atoms with Crippen molar-refractivity contribution in [2.75, 3.05) is 5.75 Å². The molecule has 21 heavy (non-hydrogen) atoms. The van der Waals surface area contributed by atoms with Crippen molar-refractivity contribution in [1.82, 2.24) is 0 Å². The number of benzene rings is 2. The maximum Gasteiger partial charge on any atom is 0.337 e. The third-order valence-electron chi connectivity index (χ3n) is 3.32. The molecule has 1 unspecified atom stereocenters. The molecule has 3 nitrogen and oxygen atoms in total. The van der Waals surface area contributed by atoms with Crippen LogP contribution in [0.25, 0.3) is 0 Å². The molecule has 3 rings (SSSR count). The molecule has 2 aromatic rings. The van der Waals surface area contributed by atoms with E-state index in [9.17, 15) is 4.79 Å². The van der Waals surface area contributed by atoms with Gasteiger partial charge in [0, 0.05) is 17.1 Å². The summed E-state index contributed by atoms with van der Waals surface area (Å²) in [5, 5.41) is 9.33. The van der Waals surface area contributed by atoms with E-state index in [1.165, 1.54) is 5.56 Å². The Morgan fingerprint density at radius 3 is 2.90 bits per heavy atom. The molecule has 0 saturated carbocycles. The molecule has 0 bridgehead atoms. The Morgan fingerprint density at radius 2 is 2.14 bits per heavy atom. The van der Waals surface area contributed by atoms with Crippen molar-refractivity contribution in [3.8, 4) is 5.75 Å². The van der Waals surface area contributed by atoms with Gasteiger partial charge in [-0.3, -0.25) is 0 Å². The first-order valence-electron chi connectivity index (χ1n) is 6.53. The highest BCUT2D eigenvalue weighted by Gasteiger charge is 2.22. The molecule has 1 N–H and O–H groups in total. The molecule has 1 aliphatic heterocycles. The Hall–Kier alpha value is -1.65. The van der Waals surface area contributed by atoms with Gasteiger partial charge >= 0.3 is 5.97 Å². The molecule has 0 fully saturated rings. The van der Waals surface area contributed by atoms with Gasteiger partial charge in [0.05, 0.1) is 10.6 Å². The number of para-hydroxylation sites is 1. The molecule has 0 aliphatic carbocycles. The van der Waals surface area contributed by atoms with E-state index in [1.54, 1.807) is 23.9 Å². The van der Waals surface area contributed by atoms with Crippen molar-refractivity contribution >= 4 is 29.3 Å². The van der Waals surface area contributed by atoms with Crippen LogP contribution in [0, 0.1) is 0 Å². The second-order valence-corrected chi connectivity index (χ2v) is 6.31. The number of carboxylic acids is 1. The number of thioether (sulfide) groups is 1. The van der Waals surface area contributed by atoms with E-state index < -0.39 is 5.97 Å². The van der Waals surface area contributed by atoms with Crippen LogP contribution in [-0.4, -0.2) is 22.9 Å². The summed E-state index contributed by atoms with van der Waals surface area (Å²) in [6.07, 6.45) is 1.01. The third kappa shape index (κ3) is 3.17. The summed E-state index contributed by atoms with van der Waals surface area (Å²) >= 11 is 7.45. The fraction of sp³-hybridized carbons (Fsp3) is 0.188. The Balaban J connectivity index is 1.64. The van der Waals surface area contributed by atoms with Crippen LogP contribution in [0.5, 0.6) is 5.75 Å². The molecule has 1 heterocycles. The molecule has 0 saturated heterocycles. The highest BCUT2D eigenvalue weighted by Crippen LogP contribution is 2.32. The van der Waals surface area contributed by atoms with Crippen LogP contribution < -0.4 is 4.74 Å². The first-order valence-corrected chi connectivity index (χ1v) is 7.90. The van der Waals surface area contributed by atoms with E-state index in [2.05, 4.69) is 6.07 Å². The summed E-state index contributed by atoms with van der Waals surface area (Å²) in [4.78, 5) is 12.0. The van der Waals surface area contributed by atoms with Crippen molar-refractivity contribution in [3.05, 3.63) is 58.6 Å². The van der Waals surface area contributed by atoms with Gasteiger partial charge in [-0.15, -0.1) is 11.8 Å². The molecular weight excluding hydrogens is 308 g/mol. The van der Waals surface area contributed by atoms with E-state index in [1.807, 2.05) is 24.3 Å². The minimum atomic E-state index is -1.01. The topological polar surface area (TPSA) is 46.5 Å². The quantitative estimate of drug-likeness (QED) is 0.860. The minimum absolute atomic E-state index is 0.122. The van der Waals surface area contributed by atoms with Gasteiger partial charge in [0.15, 0.2) is 0 Å². The summed E-state index contributed by atoms with van der Waals surface area (Å²) in [6.45, 7) is 0. The summed E-state index contributed by atoms with van der Waals surface area (Å²) in [6, 6.07) is 13.1. The fourth-order valence-corrected chi connectivity index (χ4v) is 3.42. The minimum Gasteiger partial charge on any atom is -0.489 e. The van der Waals surface area contributed by atoms with Gasteiger partial charge in [-0.2, -0.15) is 0 Å². The number of hydrogen-bond donors (Lipinski definition) is 1. The summed E-state index contributed by atoms with van der Waals surface area (Å²) in [5.74, 6) is 0.715. The SMILES string of the molecule is O=C(O)c1cc(SCC2Cc3ccccc3O2)ccc1Cl. The zero-order valence-corrected chi connectivity index (χ0v) is 12.7. The number of carbonyl (C=O) groups is 1. The second-order valence-electron chi connectivity index (χ2n) is 4.81. The molecular formula is C16H13ClO3S. The number of carboxylic acid groups (broad SMARTS) is 1. The molecule has 0 radical (unpaired) electrons. The lowest BCUT2D eigenvalue weighted by Crippen LogP contribution is -2.15. The second kappa shape index (κ2) is 6.00. The standard InChI is InChI=1S/C16H13ClO3S/c17-14-6-5-12(8-13(14)16(18)19)21-9-11-7-10-3-1-2-4-15(10)20-11/h1-6,8,11H,7,9H2,(H,18,19). The van der Waals surface area contributed by atoms with Crippen LogP contribution >= 0.6 is 23.4 Å². The number of rotatable bonds is 4. The number of ether oxygens (including phenoxy) is 1. The van der Waals surface area contributed by atoms with Crippen molar-refractivity contribution in [2.45, 2.75) is 17.4 Å². The first kappa shape index (κ1) is 14.3. The van der Waals surface area contributed by atoms with Gasteiger partial charge in [0.25, 0.3) is 0 Å². The van der Waals surface area contributed by atoms with E-state index in [0.29, 0.717) is 0 Å². The largest absolute Gasteiger partial charge is 0.489 e. The molecule has 1 atom stereocenters. The maximum absolute atomic E-state index is 11.1. The smallest absolute Gasteiger partial charge is 0.337 e. The lowest BCUT2D eigenvalue weighted by atomic mass is 10.1. The highest BCUT2D eigenvalue weighted by atomic mass is 35.5. The van der Waals surface area contributed by atoms with Gasteiger partial charge in [0.1, 0.15) is 11.9 Å². The van der Waals surface area contributed by atoms with Gasteiger partial charge in [-0.05, 0) is 29.8 Å². The first-order chi connectivity index (χ1) is 10.1. The maximum atomic E-state index is 11.1. The normalized spacial score (nSPS) is 16.3. The summed E-state index contributed by atoms with van der Waals surface area (Å²) < 4.78 is 5.87. The molecule has 0 spiro atoms. The Morgan fingerprint density at radius 1 is 1.33 bits per heavy atom.